The highest BCUT2D eigenvalue weighted by atomic mass is 19.1. The van der Waals surface area contributed by atoms with E-state index in [0.29, 0.717) is 24.7 Å². The first-order valence-electron chi connectivity index (χ1n) is 15.0. The molecule has 4 heterocycles. The Hall–Kier alpha value is -4.30. The van der Waals surface area contributed by atoms with Crippen LogP contribution in [0.3, 0.4) is 0 Å². The average Bonchev–Trinajstić information content (AvgIpc) is 3.66. The van der Waals surface area contributed by atoms with Gasteiger partial charge in [-0.05, 0) is 40.5 Å². The number of likely N-dealkylation sites (tertiary alicyclic amines) is 1. The van der Waals surface area contributed by atoms with E-state index >= 15 is 0 Å². The number of aromatic nitrogens is 1. The molecule has 6 nitrogen and oxygen atoms in total. The van der Waals surface area contributed by atoms with Crippen LogP contribution in [0, 0.1) is 11.7 Å². The standard InChI is InChI=1S/C36H33FN4O2/c37-28-15-16-31-30(17-28)33-29-14-8-7-13-26(29)20-40(36(42)34(33)38-31)23-32-35-27(21-39(32)18-24-9-3-1-4-10-24)22-41(43-35)19-25-11-5-2-6-12-25/h1-17,27,32,35,38H,18-23H2/t27-,32-,35+/m1/s1. The zero-order valence-corrected chi connectivity index (χ0v) is 23.8. The zero-order valence-electron chi connectivity index (χ0n) is 23.8. The van der Waals surface area contributed by atoms with Gasteiger partial charge in [-0.3, -0.25) is 14.5 Å². The zero-order chi connectivity index (χ0) is 28.9. The lowest BCUT2D eigenvalue weighted by atomic mass is 9.98. The van der Waals surface area contributed by atoms with E-state index in [1.54, 1.807) is 6.07 Å². The van der Waals surface area contributed by atoms with Gasteiger partial charge < -0.3 is 9.88 Å². The fraction of sp³-hybridized carbons (Fsp3) is 0.250. The Balaban J connectivity index is 1.13. The van der Waals surface area contributed by atoms with Gasteiger partial charge in [-0.2, -0.15) is 5.06 Å². The van der Waals surface area contributed by atoms with Crippen LogP contribution in [0.25, 0.3) is 22.0 Å². The topological polar surface area (TPSA) is 51.8 Å². The van der Waals surface area contributed by atoms with Crippen LogP contribution in [0.15, 0.2) is 103 Å². The Kier molecular flexibility index (Phi) is 6.59. The van der Waals surface area contributed by atoms with Crippen molar-refractivity contribution in [1.82, 2.24) is 19.8 Å². The van der Waals surface area contributed by atoms with Crippen LogP contribution >= 0.6 is 0 Å². The monoisotopic (exact) mass is 572 g/mol. The van der Waals surface area contributed by atoms with Gasteiger partial charge in [-0.15, -0.1) is 0 Å². The van der Waals surface area contributed by atoms with Crippen molar-refractivity contribution in [1.29, 1.82) is 0 Å². The first-order valence-corrected chi connectivity index (χ1v) is 15.0. The van der Waals surface area contributed by atoms with Crippen LogP contribution in [-0.4, -0.2) is 57.5 Å². The molecular weight excluding hydrogens is 539 g/mol. The highest BCUT2D eigenvalue weighted by Crippen LogP contribution is 2.40. The molecule has 3 aliphatic rings. The first kappa shape index (κ1) is 26.3. The molecule has 1 N–H and O–H groups in total. The molecule has 0 spiro atoms. The molecule has 43 heavy (non-hydrogen) atoms. The summed E-state index contributed by atoms with van der Waals surface area (Å²) in [6.45, 7) is 4.32. The summed E-state index contributed by atoms with van der Waals surface area (Å²) in [4.78, 5) is 28.8. The molecule has 8 rings (SSSR count). The number of halogens is 1. The van der Waals surface area contributed by atoms with E-state index in [-0.39, 0.29) is 23.9 Å². The quantitative estimate of drug-likeness (QED) is 0.262. The molecule has 1 aromatic heterocycles. The van der Waals surface area contributed by atoms with Gasteiger partial charge in [0.1, 0.15) is 17.6 Å². The lowest BCUT2D eigenvalue weighted by molar-refractivity contribution is -0.166. The molecule has 3 atom stereocenters. The number of amides is 1. The number of hydroxylamine groups is 2. The number of carbonyl (C=O) groups excluding carboxylic acids is 1. The van der Waals surface area contributed by atoms with Gasteiger partial charge in [0.05, 0.1) is 6.04 Å². The normalized spacial score (nSPS) is 22.0. The molecular formula is C36H33FN4O2. The lowest BCUT2D eigenvalue weighted by Crippen LogP contribution is -2.47. The number of rotatable bonds is 6. The second kappa shape index (κ2) is 10.8. The fourth-order valence-corrected chi connectivity index (χ4v) is 7.28. The van der Waals surface area contributed by atoms with Gasteiger partial charge in [0, 0.05) is 61.7 Å². The molecule has 7 heteroatoms. The molecule has 2 saturated heterocycles. The molecule has 4 aromatic carbocycles. The van der Waals surface area contributed by atoms with Crippen molar-refractivity contribution in [3.8, 4) is 11.1 Å². The highest BCUT2D eigenvalue weighted by Gasteiger charge is 2.49. The van der Waals surface area contributed by atoms with E-state index in [9.17, 15) is 9.18 Å². The smallest absolute Gasteiger partial charge is 0.271 e. The largest absolute Gasteiger partial charge is 0.350 e. The number of aromatic amines is 1. The van der Waals surface area contributed by atoms with Crippen LogP contribution in [0.4, 0.5) is 4.39 Å². The van der Waals surface area contributed by atoms with Crippen molar-refractivity contribution in [3.05, 3.63) is 131 Å². The SMILES string of the molecule is O=C1c2[nH]c3ccc(F)cc3c2-c2ccccc2CN1C[C@@H]1[C@H]2ON(Cc3ccccc3)C[C@H]2CN1Cc1ccccc1. The fourth-order valence-electron chi connectivity index (χ4n) is 7.28. The molecule has 2 fully saturated rings. The predicted molar refractivity (Wildman–Crippen MR) is 164 cm³/mol. The molecule has 3 aliphatic heterocycles. The summed E-state index contributed by atoms with van der Waals surface area (Å²) < 4.78 is 14.4. The number of nitrogens with zero attached hydrogens (tertiary/aromatic N) is 3. The summed E-state index contributed by atoms with van der Waals surface area (Å²) in [5.74, 6) is -0.0317. The van der Waals surface area contributed by atoms with Gasteiger partial charge in [0.25, 0.3) is 5.91 Å². The molecule has 5 aromatic rings. The summed E-state index contributed by atoms with van der Waals surface area (Å²) in [6.07, 6.45) is -0.0185. The predicted octanol–water partition coefficient (Wildman–Crippen LogP) is 6.25. The minimum Gasteiger partial charge on any atom is -0.350 e. The number of H-pyrrole nitrogens is 1. The van der Waals surface area contributed by atoms with E-state index in [1.807, 2.05) is 35.2 Å². The average molecular weight is 573 g/mol. The summed E-state index contributed by atoms with van der Waals surface area (Å²) in [6, 6.07) is 33.8. The van der Waals surface area contributed by atoms with E-state index in [0.717, 1.165) is 53.8 Å². The third-order valence-corrected chi connectivity index (χ3v) is 9.24. The van der Waals surface area contributed by atoms with Crippen LogP contribution in [0.2, 0.25) is 0 Å². The van der Waals surface area contributed by atoms with Crippen molar-refractivity contribution in [2.75, 3.05) is 19.6 Å². The van der Waals surface area contributed by atoms with Crippen LogP contribution in [0.1, 0.15) is 27.2 Å². The molecule has 0 saturated carbocycles. The third-order valence-electron chi connectivity index (χ3n) is 9.24. The van der Waals surface area contributed by atoms with Crippen molar-refractivity contribution < 1.29 is 14.0 Å². The second-order valence-corrected chi connectivity index (χ2v) is 12.0. The Morgan fingerprint density at radius 3 is 2.35 bits per heavy atom. The number of carbonyl (C=O) groups is 1. The summed E-state index contributed by atoms with van der Waals surface area (Å²) in [5, 5.41) is 2.83. The Labute approximate surface area is 250 Å². The third kappa shape index (κ3) is 4.83. The molecule has 0 radical (unpaired) electrons. The summed E-state index contributed by atoms with van der Waals surface area (Å²) in [5.41, 5.74) is 6.58. The lowest BCUT2D eigenvalue weighted by Gasteiger charge is -2.33. The molecule has 0 unspecified atom stereocenters. The number of fused-ring (bicyclic) bond motifs is 6. The van der Waals surface area contributed by atoms with Gasteiger partial charge in [0.15, 0.2) is 0 Å². The van der Waals surface area contributed by atoms with Crippen molar-refractivity contribution >= 4 is 16.8 Å². The molecule has 1 amide bonds. The Morgan fingerprint density at radius 1 is 0.837 bits per heavy atom. The van der Waals surface area contributed by atoms with E-state index in [2.05, 4.69) is 69.5 Å². The maximum Gasteiger partial charge on any atom is 0.271 e. The van der Waals surface area contributed by atoms with E-state index in [4.69, 9.17) is 4.84 Å². The number of hydrogen-bond donors (Lipinski definition) is 1. The maximum atomic E-state index is 14.4. The van der Waals surface area contributed by atoms with Crippen LogP contribution in [0.5, 0.6) is 0 Å². The second-order valence-electron chi connectivity index (χ2n) is 12.0. The Bertz CT molecular complexity index is 1790. The van der Waals surface area contributed by atoms with Crippen molar-refractivity contribution in [2.24, 2.45) is 5.92 Å². The maximum absolute atomic E-state index is 14.4. The summed E-state index contributed by atoms with van der Waals surface area (Å²) >= 11 is 0. The van der Waals surface area contributed by atoms with E-state index in [1.165, 1.54) is 23.3 Å². The molecule has 216 valence electrons. The minimum atomic E-state index is -0.313. The number of nitrogens with one attached hydrogen (secondary N) is 1. The summed E-state index contributed by atoms with van der Waals surface area (Å²) in [7, 11) is 0. The van der Waals surface area contributed by atoms with Gasteiger partial charge in [-0.25, -0.2) is 4.39 Å². The van der Waals surface area contributed by atoms with Crippen LogP contribution in [-0.2, 0) is 24.5 Å². The van der Waals surface area contributed by atoms with Crippen LogP contribution < -0.4 is 0 Å². The van der Waals surface area contributed by atoms with Gasteiger partial charge >= 0.3 is 0 Å². The van der Waals surface area contributed by atoms with Gasteiger partial charge in [0.2, 0.25) is 0 Å². The van der Waals surface area contributed by atoms with Crippen molar-refractivity contribution in [3.63, 3.8) is 0 Å². The molecule has 0 bridgehead atoms. The van der Waals surface area contributed by atoms with Gasteiger partial charge in [-0.1, -0.05) is 84.9 Å². The Morgan fingerprint density at radius 2 is 1.56 bits per heavy atom. The van der Waals surface area contributed by atoms with Crippen molar-refractivity contribution in [2.45, 2.75) is 31.8 Å². The number of hydrogen-bond acceptors (Lipinski definition) is 4. The van der Waals surface area contributed by atoms with E-state index < -0.39 is 0 Å². The number of benzene rings is 4. The first-order chi connectivity index (χ1) is 21.1. The molecule has 0 aliphatic carbocycles. The highest BCUT2D eigenvalue weighted by molar-refractivity contribution is 6.11. The minimum absolute atomic E-state index is 0.0185.